The molecule has 0 saturated carbocycles. The molecule has 0 aromatic heterocycles. The molecule has 0 aromatic rings. The van der Waals surface area contributed by atoms with Gasteiger partial charge in [0.05, 0.1) is 6.54 Å². The van der Waals surface area contributed by atoms with Crippen molar-refractivity contribution in [2.45, 2.75) is 32.8 Å². The molecule has 0 spiro atoms. The second-order valence-corrected chi connectivity index (χ2v) is 3.75. The SMILES string of the molecule is CC(C)(C)OC(=O)OC(=O)NNCC(F)F. The molecular weight excluding hydrogens is 226 g/mol. The first-order valence-electron chi connectivity index (χ1n) is 4.42. The molecule has 8 heteroatoms. The first-order chi connectivity index (χ1) is 7.20. The van der Waals surface area contributed by atoms with Crippen molar-refractivity contribution < 1.29 is 27.8 Å². The van der Waals surface area contributed by atoms with E-state index in [0.29, 0.717) is 0 Å². The van der Waals surface area contributed by atoms with Gasteiger partial charge in [-0.15, -0.1) is 0 Å². The van der Waals surface area contributed by atoms with Crippen LogP contribution in [-0.2, 0) is 9.47 Å². The molecule has 0 heterocycles. The molecule has 0 aliphatic carbocycles. The monoisotopic (exact) mass is 240 g/mol. The predicted molar refractivity (Wildman–Crippen MR) is 49.9 cm³/mol. The van der Waals surface area contributed by atoms with Crippen LogP contribution in [0, 0.1) is 0 Å². The summed E-state index contributed by atoms with van der Waals surface area (Å²) in [6.45, 7) is 4.01. The van der Waals surface area contributed by atoms with E-state index in [-0.39, 0.29) is 0 Å². The number of alkyl halides is 2. The van der Waals surface area contributed by atoms with Crippen LogP contribution in [0.3, 0.4) is 0 Å². The van der Waals surface area contributed by atoms with Crippen molar-refractivity contribution in [2.24, 2.45) is 0 Å². The van der Waals surface area contributed by atoms with E-state index in [1.54, 1.807) is 26.2 Å². The average molecular weight is 240 g/mol. The minimum atomic E-state index is -2.62. The molecule has 94 valence electrons. The Kier molecular flexibility index (Phi) is 5.65. The van der Waals surface area contributed by atoms with Gasteiger partial charge in [-0.3, -0.25) is 5.43 Å². The number of hydrazine groups is 1. The first-order valence-corrected chi connectivity index (χ1v) is 4.42. The minimum absolute atomic E-state index is 0.747. The third-order valence-electron chi connectivity index (χ3n) is 1.01. The van der Waals surface area contributed by atoms with Gasteiger partial charge in [0.2, 0.25) is 0 Å². The molecule has 0 rings (SSSR count). The van der Waals surface area contributed by atoms with Gasteiger partial charge in [0.25, 0.3) is 6.43 Å². The van der Waals surface area contributed by atoms with Crippen molar-refractivity contribution in [1.82, 2.24) is 10.9 Å². The fraction of sp³-hybridized carbons (Fsp3) is 0.750. The summed E-state index contributed by atoms with van der Waals surface area (Å²) >= 11 is 0. The summed E-state index contributed by atoms with van der Waals surface area (Å²) in [7, 11) is 0. The Morgan fingerprint density at radius 1 is 1.31 bits per heavy atom. The third-order valence-corrected chi connectivity index (χ3v) is 1.01. The maximum absolute atomic E-state index is 11.6. The molecule has 0 aromatic carbocycles. The van der Waals surface area contributed by atoms with Crippen LogP contribution in [-0.4, -0.2) is 30.8 Å². The Labute approximate surface area is 91.2 Å². The number of nitrogens with one attached hydrogen (secondary N) is 2. The van der Waals surface area contributed by atoms with Gasteiger partial charge >= 0.3 is 12.2 Å². The lowest BCUT2D eigenvalue weighted by Crippen LogP contribution is -2.41. The van der Waals surface area contributed by atoms with Gasteiger partial charge in [0, 0.05) is 0 Å². The highest BCUT2D eigenvalue weighted by Crippen LogP contribution is 2.07. The molecule has 0 radical (unpaired) electrons. The number of carbonyl (C=O) groups is 2. The Morgan fingerprint density at radius 2 is 1.88 bits per heavy atom. The standard InChI is InChI=1S/C8H14F2N2O4/c1-8(2,3)16-7(14)15-6(13)12-11-4-5(9)10/h5,11H,4H2,1-3H3,(H,12,13). The van der Waals surface area contributed by atoms with Crippen LogP contribution in [0.25, 0.3) is 0 Å². The van der Waals surface area contributed by atoms with Crippen LogP contribution >= 0.6 is 0 Å². The van der Waals surface area contributed by atoms with Crippen molar-refractivity contribution in [1.29, 1.82) is 0 Å². The number of halogens is 2. The van der Waals surface area contributed by atoms with Crippen molar-refractivity contribution >= 4 is 12.2 Å². The first kappa shape index (κ1) is 14.6. The van der Waals surface area contributed by atoms with E-state index >= 15 is 0 Å². The molecule has 0 aliphatic heterocycles. The fourth-order valence-electron chi connectivity index (χ4n) is 0.572. The van der Waals surface area contributed by atoms with E-state index in [4.69, 9.17) is 0 Å². The maximum Gasteiger partial charge on any atom is 0.517 e. The van der Waals surface area contributed by atoms with Crippen molar-refractivity contribution in [3.8, 4) is 0 Å². The Bertz CT molecular complexity index is 253. The Balaban J connectivity index is 3.75. The molecule has 16 heavy (non-hydrogen) atoms. The van der Waals surface area contributed by atoms with Gasteiger partial charge in [-0.2, -0.15) is 0 Å². The number of hydrogen-bond acceptors (Lipinski definition) is 5. The van der Waals surface area contributed by atoms with E-state index in [1.165, 1.54) is 0 Å². The van der Waals surface area contributed by atoms with Gasteiger partial charge in [-0.25, -0.2) is 23.8 Å². The molecule has 0 aliphatic rings. The quantitative estimate of drug-likeness (QED) is 0.443. The largest absolute Gasteiger partial charge is 0.517 e. The molecule has 0 bridgehead atoms. The number of rotatable bonds is 3. The summed E-state index contributed by atoms with van der Waals surface area (Å²) in [4.78, 5) is 21.7. The van der Waals surface area contributed by atoms with Crippen molar-refractivity contribution in [3.05, 3.63) is 0 Å². The normalized spacial score (nSPS) is 11.1. The van der Waals surface area contributed by atoms with Crippen LogP contribution in [0.15, 0.2) is 0 Å². The third kappa shape index (κ3) is 9.13. The van der Waals surface area contributed by atoms with Crippen LogP contribution in [0.2, 0.25) is 0 Å². The smallest absolute Gasteiger partial charge is 0.428 e. The fourth-order valence-corrected chi connectivity index (χ4v) is 0.572. The zero-order valence-electron chi connectivity index (χ0n) is 9.17. The zero-order chi connectivity index (χ0) is 12.8. The minimum Gasteiger partial charge on any atom is -0.428 e. The lowest BCUT2D eigenvalue weighted by atomic mass is 10.2. The van der Waals surface area contributed by atoms with Crippen LogP contribution in [0.1, 0.15) is 20.8 Å². The van der Waals surface area contributed by atoms with Crippen molar-refractivity contribution in [2.75, 3.05) is 6.54 Å². The summed E-state index contributed by atoms with van der Waals surface area (Å²) in [5, 5.41) is 0. The summed E-state index contributed by atoms with van der Waals surface area (Å²) < 4.78 is 32.0. The van der Waals surface area contributed by atoms with Crippen LogP contribution < -0.4 is 10.9 Å². The van der Waals surface area contributed by atoms with E-state index < -0.39 is 30.8 Å². The van der Waals surface area contributed by atoms with E-state index in [9.17, 15) is 18.4 Å². The summed E-state index contributed by atoms with van der Waals surface area (Å²) in [5.74, 6) is 0. The lowest BCUT2D eigenvalue weighted by molar-refractivity contribution is 0.00826. The second kappa shape index (κ2) is 6.21. The number of hydrogen-bond donors (Lipinski definition) is 2. The van der Waals surface area contributed by atoms with Gasteiger partial charge in [0.15, 0.2) is 0 Å². The average Bonchev–Trinajstić information content (AvgIpc) is 1.98. The summed E-state index contributed by atoms with van der Waals surface area (Å²) in [5.41, 5.74) is 2.81. The number of carbonyl (C=O) groups excluding carboxylic acids is 2. The molecular formula is C8H14F2N2O4. The second-order valence-electron chi connectivity index (χ2n) is 3.75. The number of ether oxygens (including phenoxy) is 2. The van der Waals surface area contributed by atoms with Crippen LogP contribution in [0.4, 0.5) is 18.4 Å². The predicted octanol–water partition coefficient (Wildman–Crippen LogP) is 1.42. The highest BCUT2D eigenvalue weighted by molar-refractivity contribution is 5.80. The molecule has 0 unspecified atom stereocenters. The summed E-state index contributed by atoms with van der Waals surface area (Å²) in [6.07, 6.45) is -5.04. The zero-order valence-corrected chi connectivity index (χ0v) is 9.17. The Hall–Kier alpha value is -1.44. The number of amides is 1. The molecule has 2 N–H and O–H groups in total. The molecule has 0 fully saturated rings. The molecule has 6 nitrogen and oxygen atoms in total. The van der Waals surface area contributed by atoms with E-state index in [0.717, 1.165) is 0 Å². The highest BCUT2D eigenvalue weighted by atomic mass is 19.3. The maximum atomic E-state index is 11.6. The van der Waals surface area contributed by atoms with Gasteiger partial charge in [0.1, 0.15) is 5.60 Å². The van der Waals surface area contributed by atoms with E-state index in [1.807, 2.05) is 5.43 Å². The topological polar surface area (TPSA) is 76.7 Å². The van der Waals surface area contributed by atoms with Crippen molar-refractivity contribution in [3.63, 3.8) is 0 Å². The molecule has 0 atom stereocenters. The highest BCUT2D eigenvalue weighted by Gasteiger charge is 2.20. The van der Waals surface area contributed by atoms with Gasteiger partial charge < -0.3 is 9.47 Å². The molecule has 1 amide bonds. The summed E-state index contributed by atoms with van der Waals surface area (Å²) in [6, 6.07) is 0. The van der Waals surface area contributed by atoms with E-state index in [2.05, 4.69) is 9.47 Å². The Morgan fingerprint density at radius 3 is 2.31 bits per heavy atom. The molecule has 0 saturated heterocycles. The van der Waals surface area contributed by atoms with Gasteiger partial charge in [-0.05, 0) is 20.8 Å². The lowest BCUT2D eigenvalue weighted by Gasteiger charge is -2.18. The van der Waals surface area contributed by atoms with Crippen LogP contribution in [0.5, 0.6) is 0 Å². The van der Waals surface area contributed by atoms with Gasteiger partial charge in [-0.1, -0.05) is 0 Å².